The maximum Gasteiger partial charge on any atom is 0.224 e. The van der Waals surface area contributed by atoms with Gasteiger partial charge in [-0.05, 0) is 19.8 Å². The number of hydrogen-bond donors (Lipinski definition) is 1. The smallest absolute Gasteiger partial charge is 0.224 e. The number of piperidine rings is 1. The van der Waals surface area contributed by atoms with Crippen molar-refractivity contribution in [3.63, 3.8) is 0 Å². The highest BCUT2D eigenvalue weighted by atomic mass is 35.5. The molecule has 0 aliphatic carbocycles. The molecule has 1 aliphatic rings. The number of nitrogens with zero attached hydrogens (tertiary/aromatic N) is 1. The van der Waals surface area contributed by atoms with E-state index in [0.717, 1.165) is 0 Å². The second-order valence-corrected chi connectivity index (χ2v) is 5.95. The minimum atomic E-state index is -1.19. The monoisotopic (exact) mass is 364 g/mol. The molecular formula is C16H20ClF3N2O2. The molecule has 1 atom stereocenters. The molecule has 1 fully saturated rings. The molecule has 4 nitrogen and oxygen atoms in total. The highest BCUT2D eigenvalue weighted by Gasteiger charge is 2.31. The predicted molar refractivity (Wildman–Crippen MR) is 85.5 cm³/mol. The number of nitrogens with two attached hydrogens (primary N) is 1. The second kappa shape index (κ2) is 8.48. The van der Waals surface area contributed by atoms with E-state index in [2.05, 4.69) is 0 Å². The molecule has 8 heteroatoms. The van der Waals surface area contributed by atoms with E-state index in [1.54, 1.807) is 11.8 Å². The van der Waals surface area contributed by atoms with Crippen LogP contribution in [0.2, 0.25) is 0 Å². The highest BCUT2D eigenvalue weighted by molar-refractivity contribution is 5.98. The molecule has 0 spiro atoms. The number of likely N-dealkylation sites (tertiary alicyclic amines) is 1. The summed E-state index contributed by atoms with van der Waals surface area (Å²) in [5.41, 5.74) is 4.88. The van der Waals surface area contributed by atoms with Crippen LogP contribution in [0, 0.1) is 23.4 Å². The summed E-state index contributed by atoms with van der Waals surface area (Å²) in [6.45, 7) is 2.41. The summed E-state index contributed by atoms with van der Waals surface area (Å²) in [4.78, 5) is 25.8. The zero-order valence-corrected chi connectivity index (χ0v) is 14.0. The highest BCUT2D eigenvalue weighted by Crippen LogP contribution is 2.25. The van der Waals surface area contributed by atoms with Crippen molar-refractivity contribution in [1.29, 1.82) is 0 Å². The molecule has 1 aromatic rings. The first-order valence-corrected chi connectivity index (χ1v) is 7.51. The number of benzene rings is 1. The van der Waals surface area contributed by atoms with Gasteiger partial charge in [0.05, 0.1) is 5.56 Å². The van der Waals surface area contributed by atoms with Gasteiger partial charge in [-0.3, -0.25) is 9.59 Å². The lowest BCUT2D eigenvalue weighted by Crippen LogP contribution is -2.42. The third-order valence-electron chi connectivity index (χ3n) is 3.97. The number of hydrogen-bond acceptors (Lipinski definition) is 3. The van der Waals surface area contributed by atoms with Crippen LogP contribution in [0.1, 0.15) is 36.5 Å². The molecule has 0 bridgehead atoms. The fraction of sp³-hybridized carbons (Fsp3) is 0.500. The van der Waals surface area contributed by atoms with Gasteiger partial charge >= 0.3 is 0 Å². The first-order chi connectivity index (χ1) is 10.8. The summed E-state index contributed by atoms with van der Waals surface area (Å²) in [6.07, 6.45) is 0.861. The summed E-state index contributed by atoms with van der Waals surface area (Å²) in [6, 6.07) is 0.749. The number of carbonyl (C=O) groups is 2. The molecule has 134 valence electrons. The van der Waals surface area contributed by atoms with Gasteiger partial charge < -0.3 is 10.6 Å². The van der Waals surface area contributed by atoms with E-state index in [1.807, 2.05) is 0 Å². The van der Waals surface area contributed by atoms with E-state index in [4.69, 9.17) is 5.73 Å². The molecule has 1 amide bonds. The minimum absolute atomic E-state index is 0. The van der Waals surface area contributed by atoms with Crippen LogP contribution in [0.4, 0.5) is 13.2 Å². The van der Waals surface area contributed by atoms with Crippen LogP contribution in [0.5, 0.6) is 0 Å². The van der Waals surface area contributed by atoms with E-state index >= 15 is 0 Å². The fourth-order valence-corrected chi connectivity index (χ4v) is 2.78. The standard InChI is InChI=1S/C16H19F3N2O2.ClH/c1-9(20)6-14(22)21-4-2-10(3-5-21)16(23)15-12(18)7-11(17)8-13(15)19;/h7-10H,2-6,20H2,1H3;1H. The Balaban J connectivity index is 0.00000288. The summed E-state index contributed by atoms with van der Waals surface area (Å²) in [7, 11) is 0. The summed E-state index contributed by atoms with van der Waals surface area (Å²) < 4.78 is 40.3. The van der Waals surface area contributed by atoms with Crippen LogP contribution in [0.3, 0.4) is 0 Å². The Morgan fingerprint density at radius 1 is 1.21 bits per heavy atom. The number of carbonyl (C=O) groups excluding carboxylic acids is 2. The van der Waals surface area contributed by atoms with Crippen LogP contribution in [0.15, 0.2) is 12.1 Å². The lowest BCUT2D eigenvalue weighted by atomic mass is 9.88. The molecule has 1 aliphatic heterocycles. The van der Waals surface area contributed by atoms with E-state index in [1.165, 1.54) is 0 Å². The fourth-order valence-electron chi connectivity index (χ4n) is 2.78. The molecule has 1 heterocycles. The number of ketones is 1. The van der Waals surface area contributed by atoms with Crippen LogP contribution >= 0.6 is 12.4 Å². The van der Waals surface area contributed by atoms with Crippen LogP contribution in [-0.4, -0.2) is 35.7 Å². The first-order valence-electron chi connectivity index (χ1n) is 7.51. The van der Waals surface area contributed by atoms with Crippen molar-refractivity contribution in [2.45, 2.75) is 32.2 Å². The second-order valence-electron chi connectivity index (χ2n) is 5.95. The number of halogens is 4. The lowest BCUT2D eigenvalue weighted by Gasteiger charge is -2.32. The van der Waals surface area contributed by atoms with Crippen LogP contribution in [-0.2, 0) is 4.79 Å². The van der Waals surface area contributed by atoms with Gasteiger partial charge in [0.15, 0.2) is 5.78 Å². The van der Waals surface area contributed by atoms with Crippen molar-refractivity contribution in [3.05, 3.63) is 35.1 Å². The van der Waals surface area contributed by atoms with Gasteiger partial charge in [0.25, 0.3) is 0 Å². The third kappa shape index (κ3) is 4.70. The Labute approximate surface area is 144 Å². The molecule has 24 heavy (non-hydrogen) atoms. The summed E-state index contributed by atoms with van der Waals surface area (Å²) >= 11 is 0. The zero-order chi connectivity index (χ0) is 17.1. The van der Waals surface area contributed by atoms with E-state index < -0.39 is 34.7 Å². The van der Waals surface area contributed by atoms with Gasteiger partial charge in [-0.15, -0.1) is 12.4 Å². The lowest BCUT2D eigenvalue weighted by molar-refractivity contribution is -0.132. The number of Topliss-reactive ketones (excluding diaryl/α,β-unsaturated/α-hetero) is 1. The van der Waals surface area contributed by atoms with Gasteiger partial charge in [-0.25, -0.2) is 13.2 Å². The molecular weight excluding hydrogens is 345 g/mol. The van der Waals surface area contributed by atoms with Crippen molar-refractivity contribution < 1.29 is 22.8 Å². The molecule has 2 N–H and O–H groups in total. The average molecular weight is 365 g/mol. The van der Waals surface area contributed by atoms with Gasteiger partial charge in [-0.2, -0.15) is 0 Å². The molecule has 0 aromatic heterocycles. The minimum Gasteiger partial charge on any atom is -0.343 e. The Hall–Kier alpha value is -1.60. The number of rotatable bonds is 4. The molecule has 1 aromatic carbocycles. The molecule has 1 saturated heterocycles. The Bertz CT molecular complexity index is 594. The van der Waals surface area contributed by atoms with E-state index in [0.29, 0.717) is 38.1 Å². The topological polar surface area (TPSA) is 63.4 Å². The molecule has 0 saturated carbocycles. The van der Waals surface area contributed by atoms with Gasteiger partial charge in [0, 0.05) is 43.6 Å². The molecule has 0 radical (unpaired) electrons. The Kier molecular flexibility index (Phi) is 7.23. The average Bonchev–Trinajstić information content (AvgIpc) is 2.45. The van der Waals surface area contributed by atoms with E-state index in [9.17, 15) is 22.8 Å². The number of amides is 1. The van der Waals surface area contributed by atoms with Gasteiger partial charge in [0.2, 0.25) is 5.91 Å². The Morgan fingerprint density at radius 2 is 1.71 bits per heavy atom. The largest absolute Gasteiger partial charge is 0.343 e. The van der Waals surface area contributed by atoms with Crippen molar-refractivity contribution in [1.82, 2.24) is 4.90 Å². The quantitative estimate of drug-likeness (QED) is 0.835. The van der Waals surface area contributed by atoms with Crippen molar-refractivity contribution in [2.24, 2.45) is 11.7 Å². The summed E-state index contributed by atoms with van der Waals surface area (Å²) in [5.74, 6) is -4.80. The SMILES string of the molecule is CC(N)CC(=O)N1CCC(C(=O)c2c(F)cc(F)cc2F)CC1.Cl. The third-order valence-corrected chi connectivity index (χ3v) is 3.97. The van der Waals surface area contributed by atoms with Crippen LogP contribution < -0.4 is 5.73 Å². The van der Waals surface area contributed by atoms with Crippen molar-refractivity contribution in [2.75, 3.05) is 13.1 Å². The van der Waals surface area contributed by atoms with Gasteiger partial charge in [-0.1, -0.05) is 0 Å². The first kappa shape index (κ1) is 20.4. The summed E-state index contributed by atoms with van der Waals surface area (Å²) in [5, 5.41) is 0. The van der Waals surface area contributed by atoms with Crippen molar-refractivity contribution in [3.8, 4) is 0 Å². The molecule has 1 unspecified atom stereocenters. The maximum atomic E-state index is 13.7. The molecule has 2 rings (SSSR count). The maximum absolute atomic E-state index is 13.7. The van der Waals surface area contributed by atoms with Crippen molar-refractivity contribution >= 4 is 24.1 Å². The predicted octanol–water partition coefficient (Wildman–Crippen LogP) is 2.68. The zero-order valence-electron chi connectivity index (χ0n) is 13.2. The Morgan fingerprint density at radius 3 is 2.17 bits per heavy atom. The van der Waals surface area contributed by atoms with Crippen LogP contribution in [0.25, 0.3) is 0 Å². The van der Waals surface area contributed by atoms with Gasteiger partial charge in [0.1, 0.15) is 17.5 Å². The normalized spacial score (nSPS) is 16.5. The van der Waals surface area contributed by atoms with E-state index in [-0.39, 0.29) is 30.8 Å².